The Morgan fingerprint density at radius 1 is 0.913 bits per heavy atom. The topological polar surface area (TPSA) is 94.9 Å². The Hall–Kier alpha value is -3.28. The van der Waals surface area contributed by atoms with Gasteiger partial charge in [-0.2, -0.15) is 0 Å². The average molecular weight is 306 g/mol. The highest BCUT2D eigenvalue weighted by Gasteiger charge is 2.09. The Morgan fingerprint density at radius 3 is 1.87 bits per heavy atom. The van der Waals surface area contributed by atoms with Crippen LogP contribution in [0.3, 0.4) is 0 Å². The molecule has 0 aliphatic rings. The van der Waals surface area contributed by atoms with Crippen molar-refractivity contribution in [1.82, 2.24) is 9.97 Å². The first-order chi connectivity index (χ1) is 11.0. The maximum absolute atomic E-state index is 10.7. The molecule has 0 saturated heterocycles. The van der Waals surface area contributed by atoms with Crippen molar-refractivity contribution < 1.29 is 4.92 Å². The molecule has 0 amide bonds. The van der Waals surface area contributed by atoms with Crippen LogP contribution in [0.15, 0.2) is 54.6 Å². The Labute approximate surface area is 132 Å². The van der Waals surface area contributed by atoms with Gasteiger partial charge in [0, 0.05) is 23.3 Å². The molecular weight excluding hydrogens is 292 g/mol. The fraction of sp³-hybridized carbons (Fsp3) is 0.0588. The van der Waals surface area contributed by atoms with Crippen LogP contribution >= 0.6 is 0 Å². The molecule has 2 N–H and O–H groups in total. The van der Waals surface area contributed by atoms with Crippen LogP contribution in [0.4, 0.5) is 11.6 Å². The van der Waals surface area contributed by atoms with Crippen LogP contribution in [0, 0.1) is 17.0 Å². The van der Waals surface area contributed by atoms with Crippen molar-refractivity contribution in [2.45, 2.75) is 6.92 Å². The van der Waals surface area contributed by atoms with E-state index in [0.29, 0.717) is 11.4 Å². The molecule has 0 radical (unpaired) electrons. The van der Waals surface area contributed by atoms with Crippen molar-refractivity contribution in [1.29, 1.82) is 0 Å². The number of nitrogens with two attached hydrogens (primary N) is 1. The third-order valence-corrected chi connectivity index (χ3v) is 3.46. The van der Waals surface area contributed by atoms with Crippen LogP contribution in [0.2, 0.25) is 0 Å². The van der Waals surface area contributed by atoms with E-state index in [4.69, 9.17) is 5.73 Å². The zero-order chi connectivity index (χ0) is 16.4. The lowest BCUT2D eigenvalue weighted by atomic mass is 10.1. The summed E-state index contributed by atoms with van der Waals surface area (Å²) in [4.78, 5) is 18.8. The van der Waals surface area contributed by atoms with E-state index < -0.39 is 4.92 Å². The molecule has 1 heterocycles. The highest BCUT2D eigenvalue weighted by atomic mass is 16.6. The van der Waals surface area contributed by atoms with Crippen LogP contribution < -0.4 is 5.73 Å². The van der Waals surface area contributed by atoms with Crippen LogP contribution in [-0.4, -0.2) is 14.9 Å². The first-order valence-corrected chi connectivity index (χ1v) is 6.99. The third kappa shape index (κ3) is 3.16. The van der Waals surface area contributed by atoms with Crippen molar-refractivity contribution >= 4 is 11.6 Å². The maximum Gasteiger partial charge on any atom is 0.269 e. The largest absolute Gasteiger partial charge is 0.368 e. The van der Waals surface area contributed by atoms with Crippen molar-refractivity contribution in [2.24, 2.45) is 0 Å². The van der Waals surface area contributed by atoms with E-state index in [1.54, 1.807) is 12.1 Å². The van der Waals surface area contributed by atoms with Gasteiger partial charge in [0.2, 0.25) is 5.95 Å². The highest BCUT2D eigenvalue weighted by molar-refractivity contribution is 5.69. The van der Waals surface area contributed by atoms with Gasteiger partial charge in [-0.15, -0.1) is 0 Å². The van der Waals surface area contributed by atoms with Crippen molar-refractivity contribution in [3.8, 4) is 22.5 Å². The van der Waals surface area contributed by atoms with E-state index in [2.05, 4.69) is 9.97 Å². The number of aromatic nitrogens is 2. The first-order valence-electron chi connectivity index (χ1n) is 6.99. The summed E-state index contributed by atoms with van der Waals surface area (Å²) < 4.78 is 0. The van der Waals surface area contributed by atoms with Gasteiger partial charge in [0.15, 0.2) is 0 Å². The minimum absolute atomic E-state index is 0.0366. The summed E-state index contributed by atoms with van der Waals surface area (Å²) in [5, 5.41) is 10.7. The van der Waals surface area contributed by atoms with E-state index >= 15 is 0 Å². The summed E-state index contributed by atoms with van der Waals surface area (Å²) in [5.41, 5.74) is 10.0. The molecular formula is C17H14N4O2. The van der Waals surface area contributed by atoms with Gasteiger partial charge < -0.3 is 5.73 Å². The molecule has 0 atom stereocenters. The SMILES string of the molecule is Cc1ccc(-c2cc(-c3ccc([N+](=O)[O-])cc3)nc(N)n2)cc1. The van der Waals surface area contributed by atoms with E-state index in [1.165, 1.54) is 12.1 Å². The Morgan fingerprint density at radius 2 is 1.39 bits per heavy atom. The predicted molar refractivity (Wildman–Crippen MR) is 88.7 cm³/mol. The lowest BCUT2D eigenvalue weighted by Crippen LogP contribution is -1.98. The van der Waals surface area contributed by atoms with Gasteiger partial charge in [-0.3, -0.25) is 10.1 Å². The minimum Gasteiger partial charge on any atom is -0.368 e. The average Bonchev–Trinajstić information content (AvgIpc) is 2.55. The van der Waals surface area contributed by atoms with E-state index in [-0.39, 0.29) is 11.6 Å². The van der Waals surface area contributed by atoms with Crippen molar-refractivity contribution in [3.05, 3.63) is 70.3 Å². The Kier molecular flexibility index (Phi) is 3.72. The molecule has 6 heteroatoms. The summed E-state index contributed by atoms with van der Waals surface area (Å²) in [6, 6.07) is 15.9. The van der Waals surface area contributed by atoms with Crippen molar-refractivity contribution in [3.63, 3.8) is 0 Å². The number of aryl methyl sites for hydroxylation is 1. The molecule has 1 aromatic heterocycles. The van der Waals surface area contributed by atoms with Gasteiger partial charge in [0.05, 0.1) is 16.3 Å². The second-order valence-electron chi connectivity index (χ2n) is 5.17. The number of benzene rings is 2. The minimum atomic E-state index is -0.435. The second kappa shape index (κ2) is 5.84. The molecule has 114 valence electrons. The van der Waals surface area contributed by atoms with Gasteiger partial charge in [-0.05, 0) is 25.1 Å². The van der Waals surface area contributed by atoms with Gasteiger partial charge >= 0.3 is 0 Å². The number of hydrogen-bond donors (Lipinski definition) is 1. The molecule has 3 rings (SSSR count). The molecule has 0 spiro atoms. The molecule has 2 aromatic carbocycles. The zero-order valence-electron chi connectivity index (χ0n) is 12.4. The Balaban J connectivity index is 2.03. The van der Waals surface area contributed by atoms with E-state index in [9.17, 15) is 10.1 Å². The quantitative estimate of drug-likeness (QED) is 0.589. The van der Waals surface area contributed by atoms with Gasteiger partial charge in [-0.25, -0.2) is 9.97 Å². The van der Waals surface area contributed by atoms with Crippen LogP contribution in [0.25, 0.3) is 22.5 Å². The van der Waals surface area contributed by atoms with Gasteiger partial charge in [-0.1, -0.05) is 29.8 Å². The van der Waals surface area contributed by atoms with Crippen molar-refractivity contribution in [2.75, 3.05) is 5.73 Å². The normalized spacial score (nSPS) is 10.5. The van der Waals surface area contributed by atoms with Crippen LogP contribution in [-0.2, 0) is 0 Å². The molecule has 6 nitrogen and oxygen atoms in total. The lowest BCUT2D eigenvalue weighted by Gasteiger charge is -2.07. The number of non-ortho nitro benzene ring substituents is 1. The number of nitrogen functional groups attached to an aromatic ring is 1. The van der Waals surface area contributed by atoms with Gasteiger partial charge in [0.1, 0.15) is 0 Å². The van der Waals surface area contributed by atoms with Gasteiger partial charge in [0.25, 0.3) is 5.69 Å². The summed E-state index contributed by atoms with van der Waals surface area (Å²) in [5.74, 6) is 0.163. The first kappa shape index (κ1) is 14.6. The molecule has 3 aromatic rings. The molecule has 0 unspecified atom stereocenters. The monoisotopic (exact) mass is 306 g/mol. The maximum atomic E-state index is 10.7. The summed E-state index contributed by atoms with van der Waals surface area (Å²) in [6.07, 6.45) is 0. The van der Waals surface area contributed by atoms with E-state index in [1.807, 2.05) is 37.3 Å². The number of nitro benzene ring substituents is 1. The molecule has 0 aliphatic carbocycles. The summed E-state index contributed by atoms with van der Waals surface area (Å²) in [6.45, 7) is 2.01. The predicted octanol–water partition coefficient (Wildman–Crippen LogP) is 3.61. The number of nitro groups is 1. The lowest BCUT2D eigenvalue weighted by molar-refractivity contribution is -0.384. The summed E-state index contributed by atoms with van der Waals surface area (Å²) in [7, 11) is 0. The third-order valence-electron chi connectivity index (χ3n) is 3.46. The van der Waals surface area contributed by atoms with Crippen LogP contribution in [0.5, 0.6) is 0 Å². The zero-order valence-corrected chi connectivity index (χ0v) is 12.4. The molecule has 0 bridgehead atoms. The molecule has 0 fully saturated rings. The fourth-order valence-corrected chi connectivity index (χ4v) is 2.24. The van der Waals surface area contributed by atoms with Crippen LogP contribution in [0.1, 0.15) is 5.56 Å². The highest BCUT2D eigenvalue weighted by Crippen LogP contribution is 2.26. The molecule has 0 saturated carbocycles. The Bertz CT molecular complexity index is 859. The molecule has 23 heavy (non-hydrogen) atoms. The number of hydrogen-bond acceptors (Lipinski definition) is 5. The number of nitrogens with zero attached hydrogens (tertiary/aromatic N) is 3. The van der Waals surface area contributed by atoms with E-state index in [0.717, 1.165) is 16.7 Å². The standard InChI is InChI=1S/C17H14N4O2/c1-11-2-4-12(5-3-11)15-10-16(20-17(18)19-15)13-6-8-14(9-7-13)21(22)23/h2-10H,1H3,(H2,18,19,20). The smallest absolute Gasteiger partial charge is 0.269 e. The number of anilines is 1. The second-order valence-corrected chi connectivity index (χ2v) is 5.17. The summed E-state index contributed by atoms with van der Waals surface area (Å²) >= 11 is 0. The number of rotatable bonds is 3. The molecule has 0 aliphatic heterocycles. The fourth-order valence-electron chi connectivity index (χ4n) is 2.24.